The molecule has 0 saturated carbocycles. The van der Waals surface area contributed by atoms with E-state index in [2.05, 4.69) is 6.92 Å². The summed E-state index contributed by atoms with van der Waals surface area (Å²) >= 11 is 0. The molecule has 1 aromatic heterocycles. The smallest absolute Gasteiger partial charge is 0.417 e. The van der Waals surface area contributed by atoms with Crippen LogP contribution in [0.1, 0.15) is 148 Å². The number of hydrogen-bond donors (Lipinski definition) is 0. The molecule has 1 aliphatic heterocycles. The Morgan fingerprint density at radius 3 is 1.91 bits per heavy atom. The van der Waals surface area contributed by atoms with E-state index in [1.54, 1.807) is 0 Å². The van der Waals surface area contributed by atoms with E-state index in [4.69, 9.17) is 14.2 Å². The lowest BCUT2D eigenvalue weighted by atomic mass is 10.0. The molecule has 7 nitrogen and oxygen atoms in total. The average molecular weight is 731 g/mol. The highest BCUT2D eigenvalue weighted by molar-refractivity contribution is 5.90. The SMILES string of the molecule is CCCCCCCCCCCCCCCCCCCCOC1CC(COC(=O)N(Cc2cccc[n+]2CC)C(C)=O)CO1.[I-]. The van der Waals surface area contributed by atoms with Gasteiger partial charge in [0.05, 0.1) is 13.2 Å². The first kappa shape index (κ1) is 40.8. The first-order chi connectivity index (χ1) is 21.0. The Kier molecular flexibility index (Phi) is 24.9. The van der Waals surface area contributed by atoms with Gasteiger partial charge in [-0.05, 0) is 13.3 Å². The fourth-order valence-electron chi connectivity index (χ4n) is 5.80. The molecule has 0 spiro atoms. The lowest BCUT2D eigenvalue weighted by Crippen LogP contribution is -3.00. The van der Waals surface area contributed by atoms with Gasteiger partial charge in [-0.3, -0.25) is 4.79 Å². The summed E-state index contributed by atoms with van der Waals surface area (Å²) in [6.07, 6.45) is 26.5. The topological polar surface area (TPSA) is 69.0 Å². The van der Waals surface area contributed by atoms with Crippen molar-refractivity contribution in [1.82, 2.24) is 4.90 Å². The van der Waals surface area contributed by atoms with Gasteiger partial charge in [-0.1, -0.05) is 122 Å². The van der Waals surface area contributed by atoms with Crippen LogP contribution in [0.15, 0.2) is 24.4 Å². The highest BCUT2D eigenvalue weighted by atomic mass is 127. The second-order valence-corrected chi connectivity index (χ2v) is 12.4. The summed E-state index contributed by atoms with van der Waals surface area (Å²) in [5, 5.41) is 0. The summed E-state index contributed by atoms with van der Waals surface area (Å²) in [5.41, 5.74) is 0.884. The monoisotopic (exact) mass is 730 g/mol. The van der Waals surface area contributed by atoms with Crippen molar-refractivity contribution in [1.29, 1.82) is 0 Å². The molecule has 2 unspecified atom stereocenters. The van der Waals surface area contributed by atoms with Gasteiger partial charge in [-0.15, -0.1) is 0 Å². The van der Waals surface area contributed by atoms with Gasteiger partial charge in [0.15, 0.2) is 12.5 Å². The van der Waals surface area contributed by atoms with Gasteiger partial charge in [0.25, 0.3) is 0 Å². The third-order valence-corrected chi connectivity index (χ3v) is 8.58. The van der Waals surface area contributed by atoms with Crippen molar-refractivity contribution >= 4 is 12.0 Å². The molecule has 44 heavy (non-hydrogen) atoms. The maximum atomic E-state index is 12.7. The Hall–Kier alpha value is -1.26. The molecule has 2 heterocycles. The van der Waals surface area contributed by atoms with Gasteiger partial charge in [-0.2, -0.15) is 0 Å². The van der Waals surface area contributed by atoms with Gasteiger partial charge in [0.1, 0.15) is 13.1 Å². The minimum Gasteiger partial charge on any atom is -1.00 e. The van der Waals surface area contributed by atoms with Crippen LogP contribution in [0.5, 0.6) is 0 Å². The number of amides is 2. The zero-order chi connectivity index (χ0) is 31.0. The second kappa shape index (κ2) is 26.9. The molecule has 2 atom stereocenters. The quantitative estimate of drug-likeness (QED) is 0.0713. The molecule has 2 rings (SSSR count). The molecule has 0 radical (unpaired) electrons. The van der Waals surface area contributed by atoms with Crippen molar-refractivity contribution in [2.45, 2.75) is 162 Å². The van der Waals surface area contributed by atoms with E-state index in [9.17, 15) is 9.59 Å². The Morgan fingerprint density at radius 2 is 1.39 bits per heavy atom. The molecule has 2 amide bonds. The standard InChI is InChI=1S/C36H63N2O5.HI/c1-4-6-7-8-9-10-11-12-13-14-15-16-17-18-19-20-21-24-27-41-35-28-33(30-42-35)31-43-36(40)38(32(3)39)29-34-25-22-23-26-37(34)5-2;/h22-23,25-26,33,35H,4-21,24,27-31H2,1-3H3;1H/q+1;/p-1. The number of halogens is 1. The normalized spacial score (nSPS) is 16.1. The summed E-state index contributed by atoms with van der Waals surface area (Å²) in [4.78, 5) is 26.0. The van der Waals surface area contributed by atoms with Crippen molar-refractivity contribution < 1.29 is 52.3 Å². The van der Waals surface area contributed by atoms with E-state index in [1.165, 1.54) is 116 Å². The zero-order valence-corrected chi connectivity index (χ0v) is 30.4. The molecule has 0 N–H and O–H groups in total. The number of unbranched alkanes of at least 4 members (excludes halogenated alkanes) is 17. The summed E-state index contributed by atoms with van der Waals surface area (Å²) in [5.74, 6) is -0.245. The predicted octanol–water partition coefficient (Wildman–Crippen LogP) is 5.90. The number of nitrogens with zero attached hydrogens (tertiary/aromatic N) is 2. The molecule has 0 aliphatic carbocycles. The maximum Gasteiger partial charge on any atom is 0.417 e. The average Bonchev–Trinajstić information content (AvgIpc) is 3.47. The first-order valence-corrected chi connectivity index (χ1v) is 17.7. The lowest BCUT2D eigenvalue weighted by molar-refractivity contribution is -0.701. The van der Waals surface area contributed by atoms with Crippen molar-refractivity contribution in [3.63, 3.8) is 0 Å². The zero-order valence-electron chi connectivity index (χ0n) is 28.2. The fraction of sp³-hybridized carbons (Fsp3) is 0.806. The van der Waals surface area contributed by atoms with Gasteiger partial charge in [0, 0.05) is 38.0 Å². The molecule has 1 aliphatic rings. The molecular formula is C36H63IN2O5. The molecule has 254 valence electrons. The number of rotatable bonds is 25. The van der Waals surface area contributed by atoms with Crippen LogP contribution < -0.4 is 28.5 Å². The number of aryl methyl sites for hydroxylation is 1. The summed E-state index contributed by atoms with van der Waals surface area (Å²) in [7, 11) is 0. The lowest BCUT2D eigenvalue weighted by Gasteiger charge is -2.19. The van der Waals surface area contributed by atoms with Crippen LogP contribution in [-0.4, -0.2) is 43.0 Å². The van der Waals surface area contributed by atoms with E-state index in [0.29, 0.717) is 19.6 Å². The van der Waals surface area contributed by atoms with Crippen LogP contribution in [-0.2, 0) is 32.1 Å². The molecule has 0 bridgehead atoms. The van der Waals surface area contributed by atoms with Crippen molar-refractivity contribution in [3.05, 3.63) is 30.1 Å². The van der Waals surface area contributed by atoms with Gasteiger partial charge in [0.2, 0.25) is 11.6 Å². The van der Waals surface area contributed by atoms with Crippen LogP contribution in [0.4, 0.5) is 4.79 Å². The minimum atomic E-state index is -0.609. The van der Waals surface area contributed by atoms with E-state index < -0.39 is 6.09 Å². The Labute approximate surface area is 286 Å². The van der Waals surface area contributed by atoms with Crippen LogP contribution in [0.2, 0.25) is 0 Å². The van der Waals surface area contributed by atoms with E-state index >= 15 is 0 Å². The first-order valence-electron chi connectivity index (χ1n) is 17.7. The number of carbonyl (C=O) groups is 2. The van der Waals surface area contributed by atoms with E-state index in [-0.39, 0.29) is 55.2 Å². The highest BCUT2D eigenvalue weighted by Crippen LogP contribution is 2.22. The number of pyridine rings is 1. The third kappa shape index (κ3) is 18.6. The maximum absolute atomic E-state index is 12.7. The summed E-state index contributed by atoms with van der Waals surface area (Å²) in [6.45, 7) is 8.10. The number of carbonyl (C=O) groups excluding carboxylic acids is 2. The van der Waals surface area contributed by atoms with Gasteiger partial charge in [-0.25, -0.2) is 14.3 Å². The second-order valence-electron chi connectivity index (χ2n) is 12.4. The molecule has 1 aromatic rings. The van der Waals surface area contributed by atoms with Crippen LogP contribution in [0.25, 0.3) is 0 Å². The summed E-state index contributed by atoms with van der Waals surface area (Å²) < 4.78 is 19.2. The van der Waals surface area contributed by atoms with Crippen LogP contribution in [0, 0.1) is 5.92 Å². The molecule has 0 aromatic carbocycles. The van der Waals surface area contributed by atoms with Gasteiger partial charge < -0.3 is 38.2 Å². The van der Waals surface area contributed by atoms with E-state index in [0.717, 1.165) is 23.6 Å². The summed E-state index contributed by atoms with van der Waals surface area (Å²) in [6, 6.07) is 5.76. The van der Waals surface area contributed by atoms with Crippen molar-refractivity contribution in [3.8, 4) is 0 Å². The number of hydrogen-bond acceptors (Lipinski definition) is 5. The Bertz CT molecular complexity index is 871. The van der Waals surface area contributed by atoms with Crippen molar-refractivity contribution in [2.75, 3.05) is 19.8 Å². The van der Waals surface area contributed by atoms with Gasteiger partial charge >= 0.3 is 6.09 Å². The molecule has 1 fully saturated rings. The predicted molar refractivity (Wildman–Crippen MR) is 172 cm³/mol. The Morgan fingerprint density at radius 1 is 0.841 bits per heavy atom. The fourth-order valence-corrected chi connectivity index (χ4v) is 5.80. The largest absolute Gasteiger partial charge is 1.00 e. The van der Waals surface area contributed by atoms with Crippen LogP contribution in [0.3, 0.4) is 0 Å². The van der Waals surface area contributed by atoms with Crippen LogP contribution >= 0.6 is 0 Å². The molecule has 8 heteroatoms. The minimum absolute atomic E-state index is 0. The number of imide groups is 1. The molecule has 1 saturated heterocycles. The van der Waals surface area contributed by atoms with E-state index in [1.807, 2.05) is 35.9 Å². The van der Waals surface area contributed by atoms with Crippen molar-refractivity contribution in [2.24, 2.45) is 5.92 Å². The number of aromatic nitrogens is 1. The highest BCUT2D eigenvalue weighted by Gasteiger charge is 2.29. The Balaban J connectivity index is 0.00000968. The molecular weight excluding hydrogens is 667 g/mol. The third-order valence-electron chi connectivity index (χ3n) is 8.58. The number of ether oxygens (including phenoxy) is 3.